The average molecular weight is 269 g/mol. The zero-order valence-corrected chi connectivity index (χ0v) is 12.2. The lowest BCUT2D eigenvalue weighted by Gasteiger charge is -2.42. The maximum atomic E-state index is 11.6. The summed E-state index contributed by atoms with van der Waals surface area (Å²) in [5.41, 5.74) is -0.461. The van der Waals surface area contributed by atoms with Gasteiger partial charge in [0.25, 0.3) is 0 Å². The molecular weight excluding hydrogens is 242 g/mol. The van der Waals surface area contributed by atoms with Gasteiger partial charge in [-0.05, 0) is 51.6 Å². The lowest BCUT2D eigenvalue weighted by molar-refractivity contribution is -0.153. The number of likely N-dealkylation sites (tertiary alicyclic amines) is 1. The van der Waals surface area contributed by atoms with Gasteiger partial charge in [0, 0.05) is 12.6 Å². The molecule has 1 N–H and O–H groups in total. The summed E-state index contributed by atoms with van der Waals surface area (Å²) in [6, 6.07) is 0.524. The number of aliphatic carboxylic acids is 1. The fraction of sp³-hybridized carbons (Fsp3) is 0.933. The second kappa shape index (κ2) is 6.23. The molecule has 2 atom stereocenters. The van der Waals surface area contributed by atoms with E-state index in [9.17, 15) is 9.90 Å². The number of nitrogens with zero attached hydrogens (tertiary/aromatic N) is 1. The molecule has 4 heteroatoms. The van der Waals surface area contributed by atoms with Crippen molar-refractivity contribution in [3.05, 3.63) is 0 Å². The molecule has 0 saturated carbocycles. The highest BCUT2D eigenvalue weighted by Gasteiger charge is 2.42. The number of hydrogen-bond acceptors (Lipinski definition) is 3. The van der Waals surface area contributed by atoms with E-state index in [0.717, 1.165) is 58.4 Å². The molecule has 2 aliphatic heterocycles. The second-order valence-corrected chi connectivity index (χ2v) is 6.24. The summed E-state index contributed by atoms with van der Waals surface area (Å²) >= 11 is 0. The summed E-state index contributed by atoms with van der Waals surface area (Å²) < 4.78 is 5.47. The van der Waals surface area contributed by atoms with E-state index in [1.807, 2.05) is 0 Å². The van der Waals surface area contributed by atoms with E-state index in [2.05, 4.69) is 18.7 Å². The van der Waals surface area contributed by atoms with Crippen LogP contribution in [0.5, 0.6) is 0 Å². The molecule has 0 radical (unpaired) electrons. The van der Waals surface area contributed by atoms with Crippen molar-refractivity contribution in [2.75, 3.05) is 26.3 Å². The van der Waals surface area contributed by atoms with Gasteiger partial charge in [0.05, 0.1) is 12.0 Å². The minimum Gasteiger partial charge on any atom is -0.481 e. The Bertz CT molecular complexity index is 305. The minimum absolute atomic E-state index is 0.461. The number of piperidine rings is 1. The fourth-order valence-corrected chi connectivity index (χ4v) is 3.64. The molecule has 0 amide bonds. The summed E-state index contributed by atoms with van der Waals surface area (Å²) in [6.45, 7) is 7.95. The largest absolute Gasteiger partial charge is 0.481 e. The Morgan fingerprint density at radius 1 is 1.47 bits per heavy atom. The maximum Gasteiger partial charge on any atom is 0.309 e. The Morgan fingerprint density at radius 2 is 2.16 bits per heavy atom. The van der Waals surface area contributed by atoms with Crippen LogP contribution >= 0.6 is 0 Å². The van der Waals surface area contributed by atoms with Crippen LogP contribution in [0.3, 0.4) is 0 Å². The van der Waals surface area contributed by atoms with Crippen molar-refractivity contribution in [3.8, 4) is 0 Å². The topological polar surface area (TPSA) is 49.8 Å². The summed E-state index contributed by atoms with van der Waals surface area (Å²) in [5, 5.41) is 9.52. The zero-order valence-electron chi connectivity index (χ0n) is 12.2. The molecule has 0 aromatic heterocycles. The predicted molar refractivity (Wildman–Crippen MR) is 74.2 cm³/mol. The van der Waals surface area contributed by atoms with Gasteiger partial charge in [-0.3, -0.25) is 4.79 Å². The summed E-state index contributed by atoms with van der Waals surface area (Å²) in [5.74, 6) is 0.0364. The average Bonchev–Trinajstić information content (AvgIpc) is 2.93. The summed E-state index contributed by atoms with van der Waals surface area (Å²) in [6.07, 6.45) is 4.52. The van der Waals surface area contributed by atoms with E-state index in [-0.39, 0.29) is 0 Å². The van der Waals surface area contributed by atoms with Crippen LogP contribution in [0.2, 0.25) is 0 Å². The summed E-state index contributed by atoms with van der Waals surface area (Å²) in [7, 11) is 0. The number of carboxylic acids is 1. The fourth-order valence-electron chi connectivity index (χ4n) is 3.64. The molecule has 2 unspecified atom stereocenters. The first-order chi connectivity index (χ1) is 9.09. The third-order valence-electron chi connectivity index (χ3n) is 5.16. The normalized spacial score (nSPS) is 29.3. The van der Waals surface area contributed by atoms with Gasteiger partial charge < -0.3 is 14.7 Å². The van der Waals surface area contributed by atoms with Crippen molar-refractivity contribution >= 4 is 5.97 Å². The predicted octanol–water partition coefficient (Wildman–Crippen LogP) is 2.38. The molecule has 0 aromatic rings. The summed E-state index contributed by atoms with van der Waals surface area (Å²) in [4.78, 5) is 14.0. The maximum absolute atomic E-state index is 11.6. The third kappa shape index (κ3) is 3.11. The van der Waals surface area contributed by atoms with Gasteiger partial charge in [0.15, 0.2) is 0 Å². The monoisotopic (exact) mass is 269 g/mol. The van der Waals surface area contributed by atoms with E-state index in [4.69, 9.17) is 4.74 Å². The Balaban J connectivity index is 1.91. The van der Waals surface area contributed by atoms with Crippen molar-refractivity contribution < 1.29 is 14.6 Å². The SMILES string of the molecule is CCCC1(C(=O)O)CCN(C(C)C2CCOC2)CC1. The van der Waals surface area contributed by atoms with Gasteiger partial charge in [0.2, 0.25) is 0 Å². The van der Waals surface area contributed by atoms with Crippen LogP contribution in [0.4, 0.5) is 0 Å². The van der Waals surface area contributed by atoms with Crippen LogP contribution in [0.15, 0.2) is 0 Å². The van der Waals surface area contributed by atoms with Crippen LogP contribution in [-0.4, -0.2) is 48.3 Å². The zero-order chi connectivity index (χ0) is 13.9. The highest BCUT2D eigenvalue weighted by molar-refractivity contribution is 5.74. The highest BCUT2D eigenvalue weighted by atomic mass is 16.5. The molecular formula is C15H27NO3. The molecule has 2 rings (SSSR count). The quantitative estimate of drug-likeness (QED) is 0.832. The molecule has 19 heavy (non-hydrogen) atoms. The van der Waals surface area contributed by atoms with Crippen LogP contribution in [0.1, 0.15) is 46.0 Å². The molecule has 110 valence electrons. The first kappa shape index (κ1) is 14.8. The van der Waals surface area contributed by atoms with E-state index in [0.29, 0.717) is 12.0 Å². The van der Waals surface area contributed by atoms with Gasteiger partial charge in [-0.1, -0.05) is 13.3 Å². The molecule has 0 spiro atoms. The van der Waals surface area contributed by atoms with Gasteiger partial charge in [-0.25, -0.2) is 0 Å². The van der Waals surface area contributed by atoms with Gasteiger partial charge >= 0.3 is 5.97 Å². The molecule has 0 aromatic carbocycles. The minimum atomic E-state index is -0.592. The number of rotatable bonds is 5. The Morgan fingerprint density at radius 3 is 2.63 bits per heavy atom. The number of hydrogen-bond donors (Lipinski definition) is 1. The van der Waals surface area contributed by atoms with Gasteiger partial charge in [0.1, 0.15) is 0 Å². The van der Waals surface area contributed by atoms with Crippen molar-refractivity contribution in [2.45, 2.75) is 52.0 Å². The van der Waals surface area contributed by atoms with E-state index in [1.54, 1.807) is 0 Å². The van der Waals surface area contributed by atoms with Crippen LogP contribution < -0.4 is 0 Å². The van der Waals surface area contributed by atoms with Crippen LogP contribution in [0.25, 0.3) is 0 Å². The molecule has 0 aliphatic carbocycles. The molecule has 0 bridgehead atoms. The first-order valence-corrected chi connectivity index (χ1v) is 7.64. The van der Waals surface area contributed by atoms with E-state index < -0.39 is 11.4 Å². The van der Waals surface area contributed by atoms with E-state index in [1.165, 1.54) is 0 Å². The number of ether oxygens (including phenoxy) is 1. The van der Waals surface area contributed by atoms with E-state index >= 15 is 0 Å². The third-order valence-corrected chi connectivity index (χ3v) is 5.16. The smallest absolute Gasteiger partial charge is 0.309 e. The van der Waals surface area contributed by atoms with Crippen LogP contribution in [-0.2, 0) is 9.53 Å². The molecule has 2 aliphatic rings. The molecule has 2 saturated heterocycles. The van der Waals surface area contributed by atoms with Gasteiger partial charge in [-0.15, -0.1) is 0 Å². The molecule has 2 fully saturated rings. The van der Waals surface area contributed by atoms with Crippen molar-refractivity contribution in [1.29, 1.82) is 0 Å². The lowest BCUT2D eigenvalue weighted by Crippen LogP contribution is -2.49. The van der Waals surface area contributed by atoms with Gasteiger partial charge in [-0.2, -0.15) is 0 Å². The Hall–Kier alpha value is -0.610. The van der Waals surface area contributed by atoms with Crippen molar-refractivity contribution in [3.63, 3.8) is 0 Å². The standard InChI is InChI=1S/C15H27NO3/c1-3-5-15(14(17)18)6-8-16(9-7-15)12(2)13-4-10-19-11-13/h12-13H,3-11H2,1-2H3,(H,17,18). The second-order valence-electron chi connectivity index (χ2n) is 6.24. The lowest BCUT2D eigenvalue weighted by atomic mass is 9.74. The Kier molecular flexibility index (Phi) is 4.85. The molecule has 4 nitrogen and oxygen atoms in total. The van der Waals surface area contributed by atoms with Crippen molar-refractivity contribution in [2.24, 2.45) is 11.3 Å². The van der Waals surface area contributed by atoms with Crippen molar-refractivity contribution in [1.82, 2.24) is 4.90 Å². The number of carbonyl (C=O) groups is 1. The highest BCUT2D eigenvalue weighted by Crippen LogP contribution is 2.38. The first-order valence-electron chi connectivity index (χ1n) is 7.64. The Labute approximate surface area is 116 Å². The molecule has 2 heterocycles. The number of carboxylic acid groups (broad SMARTS) is 1. The van der Waals surface area contributed by atoms with Crippen LogP contribution in [0, 0.1) is 11.3 Å².